The summed E-state index contributed by atoms with van der Waals surface area (Å²) < 4.78 is 38.7. The third-order valence-electron chi connectivity index (χ3n) is 5.11. The van der Waals surface area contributed by atoms with E-state index in [0.29, 0.717) is 22.8 Å². The molecule has 2 atom stereocenters. The van der Waals surface area contributed by atoms with Crippen molar-refractivity contribution in [2.75, 3.05) is 0 Å². The number of hydrogen-bond acceptors (Lipinski definition) is 5. The van der Waals surface area contributed by atoms with E-state index in [0.717, 1.165) is 29.1 Å². The van der Waals surface area contributed by atoms with Crippen molar-refractivity contribution in [2.24, 2.45) is 9.98 Å². The van der Waals surface area contributed by atoms with Crippen LogP contribution in [-0.2, 0) is 12.7 Å². The second-order valence-corrected chi connectivity index (χ2v) is 8.17. The summed E-state index contributed by atoms with van der Waals surface area (Å²) in [6, 6.07) is 8.85. The van der Waals surface area contributed by atoms with Crippen molar-refractivity contribution in [3.63, 3.8) is 0 Å². The minimum Gasteiger partial charge on any atom is -0.328 e. The molecule has 0 spiro atoms. The highest BCUT2D eigenvalue weighted by Crippen LogP contribution is 2.38. The van der Waals surface area contributed by atoms with Crippen molar-refractivity contribution in [1.29, 1.82) is 0 Å². The zero-order chi connectivity index (χ0) is 22.9. The molecule has 0 saturated heterocycles. The number of amides is 2. The molecule has 0 fully saturated rings. The van der Waals surface area contributed by atoms with Crippen LogP contribution in [0.5, 0.6) is 0 Å². The molecule has 3 heterocycles. The summed E-state index contributed by atoms with van der Waals surface area (Å²) in [7, 11) is 0. The fourth-order valence-electron chi connectivity index (χ4n) is 3.55. The summed E-state index contributed by atoms with van der Waals surface area (Å²) in [6.07, 6.45) is -3.40. The van der Waals surface area contributed by atoms with Gasteiger partial charge >= 0.3 is 12.2 Å². The first kappa shape index (κ1) is 21.8. The molecule has 0 saturated carbocycles. The number of carbonyl (C=O) groups excluding carboxylic acids is 1. The van der Waals surface area contributed by atoms with Gasteiger partial charge in [0, 0.05) is 22.9 Å². The molecule has 6 nitrogen and oxygen atoms in total. The van der Waals surface area contributed by atoms with Crippen LogP contribution in [0.3, 0.4) is 0 Å². The van der Waals surface area contributed by atoms with Gasteiger partial charge in [0.05, 0.1) is 24.2 Å². The van der Waals surface area contributed by atoms with Crippen LogP contribution in [-0.4, -0.2) is 28.4 Å². The first-order valence-electron chi connectivity index (χ1n) is 9.62. The lowest BCUT2D eigenvalue weighted by Crippen LogP contribution is -2.38. The number of alkyl halides is 3. The molecule has 2 unspecified atom stereocenters. The zero-order valence-corrected chi connectivity index (χ0v) is 17.7. The largest absolute Gasteiger partial charge is 0.433 e. The molecule has 1 aromatic carbocycles. The molecule has 4 rings (SSSR count). The Balaban J connectivity index is 1.66. The summed E-state index contributed by atoms with van der Waals surface area (Å²) in [6.45, 7) is 5.74. The van der Waals surface area contributed by atoms with Crippen LogP contribution >= 0.6 is 11.3 Å². The highest BCUT2D eigenvalue weighted by molar-refractivity contribution is 7.10. The first-order chi connectivity index (χ1) is 15.3. The average Bonchev–Trinajstić information content (AvgIpc) is 3.23. The van der Waals surface area contributed by atoms with Crippen LogP contribution in [0.1, 0.15) is 40.7 Å². The Morgan fingerprint density at radius 3 is 2.56 bits per heavy atom. The molecular formula is C22H18F3N5OS. The quantitative estimate of drug-likeness (QED) is 0.519. The maximum Gasteiger partial charge on any atom is 0.433 e. The number of hydrogen-bond donors (Lipinski definition) is 1. The number of nitrogens with one attached hydrogen (secondary N) is 1. The lowest BCUT2D eigenvalue weighted by molar-refractivity contribution is -0.141. The van der Waals surface area contributed by atoms with Crippen LogP contribution in [0.25, 0.3) is 11.3 Å². The van der Waals surface area contributed by atoms with Gasteiger partial charge in [-0.2, -0.15) is 13.2 Å². The van der Waals surface area contributed by atoms with Crippen molar-refractivity contribution in [3.8, 4) is 11.3 Å². The van der Waals surface area contributed by atoms with E-state index in [9.17, 15) is 18.0 Å². The summed E-state index contributed by atoms with van der Waals surface area (Å²) in [5.74, 6) is -0.422. The minimum absolute atomic E-state index is 0.422. The fourth-order valence-corrected chi connectivity index (χ4v) is 4.57. The third-order valence-corrected chi connectivity index (χ3v) is 6.04. The summed E-state index contributed by atoms with van der Waals surface area (Å²) in [4.78, 5) is 28.2. The number of aromatic nitrogens is 2. The summed E-state index contributed by atoms with van der Waals surface area (Å²) in [5.41, 5.74) is 2.71. The zero-order valence-electron chi connectivity index (χ0n) is 16.9. The smallest absolute Gasteiger partial charge is 0.328 e. The predicted molar refractivity (Wildman–Crippen MR) is 117 cm³/mol. The van der Waals surface area contributed by atoms with Crippen LogP contribution in [0.15, 0.2) is 58.0 Å². The topological polar surface area (TPSA) is 79.6 Å². The lowest BCUT2D eigenvalue weighted by Gasteiger charge is -2.29. The fraction of sp³-hybridized carbons (Fsp3) is 0.227. The van der Waals surface area contributed by atoms with Gasteiger partial charge in [0.1, 0.15) is 10.7 Å². The molecule has 164 valence electrons. The van der Waals surface area contributed by atoms with E-state index < -0.39 is 29.9 Å². The Bertz CT molecular complexity index is 1170. The van der Waals surface area contributed by atoms with Gasteiger partial charge in [-0.1, -0.05) is 30.3 Å². The molecule has 2 amide bonds. The molecule has 0 radical (unpaired) electrons. The number of thiazole rings is 1. The van der Waals surface area contributed by atoms with Crippen molar-refractivity contribution in [3.05, 3.63) is 69.8 Å². The van der Waals surface area contributed by atoms with E-state index in [1.165, 1.54) is 17.4 Å². The first-order valence-corrected chi connectivity index (χ1v) is 10.5. The van der Waals surface area contributed by atoms with Crippen molar-refractivity contribution in [2.45, 2.75) is 31.6 Å². The standard InChI is InChI=1S/C22H18F3N5OS/c1-12-18(20-29-16(11-32-20)14-5-3-13(4-6-14)9-26-2)19(30-21(31)28-12)15-7-8-17(27-10-15)22(23,24)25/h3-8,10-11,18-19H,2,9H2,1H3,(H,30,31). The van der Waals surface area contributed by atoms with E-state index in [2.05, 4.69) is 27.0 Å². The highest BCUT2D eigenvalue weighted by Gasteiger charge is 2.36. The number of carbonyl (C=O) groups is 1. The molecule has 0 bridgehead atoms. The van der Waals surface area contributed by atoms with Gasteiger partial charge in [0.2, 0.25) is 0 Å². The number of nitrogens with zero attached hydrogens (tertiary/aromatic N) is 4. The number of aliphatic imine (C=N–C) groups is 2. The molecule has 32 heavy (non-hydrogen) atoms. The number of halogens is 3. The second-order valence-electron chi connectivity index (χ2n) is 7.28. The van der Waals surface area contributed by atoms with E-state index in [1.54, 1.807) is 6.92 Å². The van der Waals surface area contributed by atoms with Crippen LogP contribution in [0.4, 0.5) is 18.0 Å². The Labute approximate surface area is 186 Å². The molecule has 1 aliphatic rings. The van der Waals surface area contributed by atoms with Crippen molar-refractivity contribution >= 4 is 29.8 Å². The molecular weight excluding hydrogens is 439 g/mol. The predicted octanol–water partition coefficient (Wildman–Crippen LogP) is 5.43. The normalized spacial score (nSPS) is 18.8. The Morgan fingerprint density at radius 2 is 1.94 bits per heavy atom. The SMILES string of the molecule is C=NCc1ccc(-c2csc(C3C(C)=NC(=O)NC3c3ccc(C(F)(F)F)nc3)n2)cc1. The highest BCUT2D eigenvalue weighted by atomic mass is 32.1. The van der Waals surface area contributed by atoms with E-state index >= 15 is 0 Å². The Kier molecular flexibility index (Phi) is 5.88. The van der Waals surface area contributed by atoms with Gasteiger partial charge in [-0.05, 0) is 30.8 Å². The minimum atomic E-state index is -4.54. The molecule has 2 aromatic heterocycles. The molecule has 10 heteroatoms. The maximum absolute atomic E-state index is 12.9. The van der Waals surface area contributed by atoms with Gasteiger partial charge in [0.25, 0.3) is 0 Å². The average molecular weight is 457 g/mol. The van der Waals surface area contributed by atoms with Crippen LogP contribution in [0, 0.1) is 0 Å². The van der Waals surface area contributed by atoms with E-state index in [4.69, 9.17) is 4.98 Å². The van der Waals surface area contributed by atoms with Gasteiger partial charge in [-0.15, -0.1) is 11.3 Å². The van der Waals surface area contributed by atoms with Gasteiger partial charge < -0.3 is 5.32 Å². The van der Waals surface area contributed by atoms with Gasteiger partial charge in [-0.25, -0.2) is 14.8 Å². The van der Waals surface area contributed by atoms with E-state index in [-0.39, 0.29) is 0 Å². The molecule has 1 aliphatic heterocycles. The van der Waals surface area contributed by atoms with Crippen molar-refractivity contribution < 1.29 is 18.0 Å². The number of benzene rings is 1. The maximum atomic E-state index is 12.9. The number of urea groups is 1. The summed E-state index contributed by atoms with van der Waals surface area (Å²) in [5, 5.41) is 5.34. The van der Waals surface area contributed by atoms with Crippen molar-refractivity contribution in [1.82, 2.24) is 15.3 Å². The number of pyridine rings is 1. The number of rotatable bonds is 5. The Morgan fingerprint density at radius 1 is 1.19 bits per heavy atom. The molecule has 0 aliphatic carbocycles. The second kappa shape index (κ2) is 8.62. The van der Waals surface area contributed by atoms with Gasteiger partial charge in [0.15, 0.2) is 0 Å². The summed E-state index contributed by atoms with van der Waals surface area (Å²) >= 11 is 1.40. The molecule has 1 N–H and O–H groups in total. The monoisotopic (exact) mass is 457 g/mol. The van der Waals surface area contributed by atoms with Crippen LogP contribution in [0.2, 0.25) is 0 Å². The Hall–Kier alpha value is -3.40. The van der Waals surface area contributed by atoms with Crippen LogP contribution < -0.4 is 5.32 Å². The lowest BCUT2D eigenvalue weighted by atomic mass is 9.89. The van der Waals surface area contributed by atoms with E-state index in [1.807, 2.05) is 29.6 Å². The van der Waals surface area contributed by atoms with Gasteiger partial charge in [-0.3, -0.25) is 9.98 Å². The third kappa shape index (κ3) is 4.45. The molecule has 3 aromatic rings.